The summed E-state index contributed by atoms with van der Waals surface area (Å²) < 4.78 is 0.427. The van der Waals surface area contributed by atoms with Gasteiger partial charge in [0, 0.05) is 0 Å². The van der Waals surface area contributed by atoms with Crippen LogP contribution in [0.25, 0.3) is 6.08 Å². The van der Waals surface area contributed by atoms with Crippen LogP contribution < -0.4 is 10.2 Å². The molecule has 2 aromatic carbocycles. The van der Waals surface area contributed by atoms with Crippen molar-refractivity contribution >= 4 is 45.5 Å². The number of benzene rings is 2. The van der Waals surface area contributed by atoms with Gasteiger partial charge in [0.15, 0.2) is 0 Å². The van der Waals surface area contributed by atoms with Gasteiger partial charge in [0.1, 0.15) is 11.3 Å². The second-order valence-corrected chi connectivity index (χ2v) is 5.86. The lowest BCUT2D eigenvalue weighted by molar-refractivity contribution is -0.122. The average molecular weight is 387 g/mol. The minimum atomic E-state index is -0.791. The molecule has 2 aromatic rings. The molecule has 24 heavy (non-hydrogen) atoms. The number of hydrogen-bond donors (Lipinski definition) is 2. The highest BCUT2D eigenvalue weighted by Crippen LogP contribution is 2.26. The van der Waals surface area contributed by atoms with Crippen LogP contribution in [0.1, 0.15) is 5.56 Å². The zero-order valence-corrected chi connectivity index (χ0v) is 13.8. The smallest absolute Gasteiger partial charge is 0.335 e. The van der Waals surface area contributed by atoms with Crippen LogP contribution in [0, 0.1) is 0 Å². The fourth-order valence-corrected chi connectivity index (χ4v) is 2.65. The first-order valence-corrected chi connectivity index (χ1v) is 7.71. The van der Waals surface area contributed by atoms with E-state index >= 15 is 0 Å². The second kappa shape index (κ2) is 6.29. The van der Waals surface area contributed by atoms with Gasteiger partial charge in [-0.05, 0) is 51.8 Å². The molecule has 1 saturated heterocycles. The van der Waals surface area contributed by atoms with Gasteiger partial charge in [0.05, 0.1) is 10.2 Å². The number of carbonyl (C=O) groups is 3. The number of anilines is 1. The molecule has 0 radical (unpaired) electrons. The zero-order chi connectivity index (χ0) is 17.3. The second-order valence-electron chi connectivity index (χ2n) is 5.00. The van der Waals surface area contributed by atoms with E-state index in [1.54, 1.807) is 42.5 Å². The minimum absolute atomic E-state index is 0.0395. The van der Waals surface area contributed by atoms with Gasteiger partial charge in [-0.1, -0.05) is 24.3 Å². The van der Waals surface area contributed by atoms with Gasteiger partial charge < -0.3 is 5.11 Å². The fraction of sp³-hybridized carbons (Fsp3) is 0. The number of phenols is 1. The van der Waals surface area contributed by atoms with Crippen molar-refractivity contribution in [2.45, 2.75) is 0 Å². The van der Waals surface area contributed by atoms with E-state index < -0.39 is 17.8 Å². The Bertz CT molecular complexity index is 877. The van der Waals surface area contributed by atoms with E-state index in [4.69, 9.17) is 0 Å². The van der Waals surface area contributed by atoms with Gasteiger partial charge in [0.25, 0.3) is 11.8 Å². The van der Waals surface area contributed by atoms with Crippen LogP contribution in [0.3, 0.4) is 0 Å². The number of para-hydroxylation sites is 1. The summed E-state index contributed by atoms with van der Waals surface area (Å²) in [6.07, 6.45) is 1.37. The first-order valence-electron chi connectivity index (χ1n) is 6.92. The molecule has 6 nitrogen and oxygen atoms in total. The van der Waals surface area contributed by atoms with Crippen molar-refractivity contribution < 1.29 is 19.5 Å². The molecule has 0 aromatic heterocycles. The number of urea groups is 1. The Morgan fingerprint density at radius 1 is 1.04 bits per heavy atom. The highest BCUT2D eigenvalue weighted by Gasteiger charge is 2.36. The molecule has 4 amide bonds. The van der Waals surface area contributed by atoms with Crippen LogP contribution in [0.15, 0.2) is 58.6 Å². The van der Waals surface area contributed by atoms with Crippen LogP contribution in [0.2, 0.25) is 0 Å². The molecule has 0 bridgehead atoms. The van der Waals surface area contributed by atoms with Gasteiger partial charge in [-0.25, -0.2) is 9.69 Å². The molecule has 120 valence electrons. The van der Waals surface area contributed by atoms with E-state index in [1.807, 2.05) is 0 Å². The Kier molecular flexibility index (Phi) is 4.18. The van der Waals surface area contributed by atoms with Crippen LogP contribution in [0.4, 0.5) is 10.5 Å². The van der Waals surface area contributed by atoms with Crippen molar-refractivity contribution in [2.24, 2.45) is 0 Å². The standard InChI is InChI=1S/C17H11BrN2O4/c18-13-9-10(6-7-14(13)21)8-12-15(22)19-17(24)20(16(12)23)11-4-2-1-3-5-11/h1-9,21H,(H,19,22,24)/b12-8+. The molecule has 1 aliphatic rings. The molecule has 0 saturated carbocycles. The number of carbonyl (C=O) groups excluding carboxylic acids is 3. The molecule has 1 heterocycles. The van der Waals surface area contributed by atoms with Crippen LogP contribution >= 0.6 is 15.9 Å². The highest BCUT2D eigenvalue weighted by atomic mass is 79.9. The van der Waals surface area contributed by atoms with E-state index in [1.165, 1.54) is 12.1 Å². The molecule has 0 atom stereocenters. The number of nitrogens with zero attached hydrogens (tertiary/aromatic N) is 1. The van der Waals surface area contributed by atoms with E-state index in [-0.39, 0.29) is 11.3 Å². The SMILES string of the molecule is O=C1NC(=O)N(c2ccccc2)C(=O)/C1=C/c1ccc(O)c(Br)c1. The van der Waals surface area contributed by atoms with E-state index in [2.05, 4.69) is 21.2 Å². The Morgan fingerprint density at radius 2 is 1.75 bits per heavy atom. The Labute approximate surface area is 145 Å². The summed E-state index contributed by atoms with van der Waals surface area (Å²) in [6.45, 7) is 0. The normalized spacial score (nSPS) is 16.5. The number of barbiturate groups is 1. The lowest BCUT2D eigenvalue weighted by atomic mass is 10.1. The Hall–Kier alpha value is -2.93. The van der Waals surface area contributed by atoms with Gasteiger partial charge in [-0.15, -0.1) is 0 Å². The minimum Gasteiger partial charge on any atom is -0.507 e. The summed E-state index contributed by atoms with van der Waals surface area (Å²) in [6, 6.07) is 12.1. The number of phenolic OH excluding ortho intramolecular Hbond substituents is 1. The molecule has 1 aliphatic heterocycles. The number of aromatic hydroxyl groups is 1. The molecular formula is C17H11BrN2O4. The van der Waals surface area contributed by atoms with Crippen LogP contribution in [-0.4, -0.2) is 23.0 Å². The molecule has 2 N–H and O–H groups in total. The average Bonchev–Trinajstić information content (AvgIpc) is 2.55. The predicted molar refractivity (Wildman–Crippen MR) is 91.3 cm³/mol. The summed E-state index contributed by atoms with van der Waals surface area (Å²) in [5.41, 5.74) is 0.724. The number of hydrogen-bond acceptors (Lipinski definition) is 4. The van der Waals surface area contributed by atoms with E-state index in [0.29, 0.717) is 15.7 Å². The summed E-state index contributed by atoms with van der Waals surface area (Å²) in [5, 5.41) is 11.7. The topological polar surface area (TPSA) is 86.7 Å². The molecule has 0 spiro atoms. The van der Waals surface area contributed by atoms with Crippen molar-refractivity contribution in [3.8, 4) is 5.75 Å². The summed E-state index contributed by atoms with van der Waals surface area (Å²) in [5.74, 6) is -1.43. The van der Waals surface area contributed by atoms with Crippen molar-refractivity contribution in [1.29, 1.82) is 0 Å². The third-order valence-corrected chi connectivity index (χ3v) is 4.03. The van der Waals surface area contributed by atoms with Gasteiger partial charge >= 0.3 is 6.03 Å². The summed E-state index contributed by atoms with van der Waals surface area (Å²) in [7, 11) is 0. The van der Waals surface area contributed by atoms with Crippen molar-refractivity contribution in [3.05, 3.63) is 64.1 Å². The largest absolute Gasteiger partial charge is 0.507 e. The maximum atomic E-state index is 12.6. The number of amides is 4. The first kappa shape index (κ1) is 15.9. The molecule has 1 fully saturated rings. The van der Waals surface area contributed by atoms with Gasteiger partial charge in [0.2, 0.25) is 0 Å². The van der Waals surface area contributed by atoms with Crippen LogP contribution in [-0.2, 0) is 9.59 Å². The monoisotopic (exact) mass is 386 g/mol. The molecule has 0 aliphatic carbocycles. The Balaban J connectivity index is 2.02. The number of halogens is 1. The molecular weight excluding hydrogens is 376 g/mol. The van der Waals surface area contributed by atoms with Gasteiger partial charge in [-0.2, -0.15) is 0 Å². The van der Waals surface area contributed by atoms with E-state index in [9.17, 15) is 19.5 Å². The maximum Gasteiger partial charge on any atom is 0.335 e. The van der Waals surface area contributed by atoms with Crippen molar-refractivity contribution in [1.82, 2.24) is 5.32 Å². The van der Waals surface area contributed by atoms with E-state index in [0.717, 1.165) is 4.90 Å². The third kappa shape index (κ3) is 2.93. The quantitative estimate of drug-likeness (QED) is 0.613. The number of imide groups is 2. The summed E-state index contributed by atoms with van der Waals surface area (Å²) >= 11 is 3.17. The first-order chi connectivity index (χ1) is 11.5. The number of nitrogens with one attached hydrogen (secondary N) is 1. The number of rotatable bonds is 2. The summed E-state index contributed by atoms with van der Waals surface area (Å²) in [4.78, 5) is 37.6. The fourth-order valence-electron chi connectivity index (χ4n) is 2.25. The molecule has 0 unspecified atom stereocenters. The maximum absolute atomic E-state index is 12.6. The van der Waals surface area contributed by atoms with Crippen LogP contribution in [0.5, 0.6) is 5.75 Å². The zero-order valence-electron chi connectivity index (χ0n) is 12.2. The van der Waals surface area contributed by atoms with Gasteiger partial charge in [-0.3, -0.25) is 14.9 Å². The van der Waals surface area contributed by atoms with Crippen molar-refractivity contribution in [2.75, 3.05) is 4.90 Å². The predicted octanol–water partition coefficient (Wildman–Crippen LogP) is 2.82. The Morgan fingerprint density at radius 3 is 2.42 bits per heavy atom. The molecule has 7 heteroatoms. The molecule has 3 rings (SSSR count). The lowest BCUT2D eigenvalue weighted by Crippen LogP contribution is -2.54. The lowest BCUT2D eigenvalue weighted by Gasteiger charge is -2.26. The van der Waals surface area contributed by atoms with Crippen molar-refractivity contribution in [3.63, 3.8) is 0 Å². The highest BCUT2D eigenvalue weighted by molar-refractivity contribution is 9.10. The third-order valence-electron chi connectivity index (χ3n) is 3.40.